The van der Waals surface area contributed by atoms with Crippen LogP contribution in [-0.4, -0.2) is 67.5 Å². The predicted octanol–water partition coefficient (Wildman–Crippen LogP) is -3.26. The van der Waals surface area contributed by atoms with E-state index >= 15 is 0 Å². The van der Waals surface area contributed by atoms with Crippen molar-refractivity contribution < 1.29 is 44.1 Å². The van der Waals surface area contributed by atoms with E-state index in [2.05, 4.69) is 4.52 Å². The van der Waals surface area contributed by atoms with Gasteiger partial charge in [0, 0.05) is 0 Å². The van der Waals surface area contributed by atoms with E-state index in [0.717, 1.165) is 0 Å². The summed E-state index contributed by atoms with van der Waals surface area (Å²) < 4.78 is 14.1. The summed E-state index contributed by atoms with van der Waals surface area (Å²) in [5, 5.41) is 36.1. The van der Waals surface area contributed by atoms with Gasteiger partial charge in [0.15, 0.2) is 6.29 Å². The Morgan fingerprint density at radius 3 is 2.00 bits per heavy atom. The molecule has 4 atom stereocenters. The van der Waals surface area contributed by atoms with E-state index in [1.165, 1.54) is 0 Å². The minimum atomic E-state index is -4.80. The molecule has 0 radical (unpaired) electrons. The third-order valence-electron chi connectivity index (χ3n) is 1.65. The number of carbonyl (C=O) groups is 1. The van der Waals surface area contributed by atoms with Crippen LogP contribution in [0, 0.1) is 0 Å². The summed E-state index contributed by atoms with van der Waals surface area (Å²) >= 11 is 0. The van der Waals surface area contributed by atoms with Crippen molar-refractivity contribution in [3.05, 3.63) is 0 Å². The predicted molar refractivity (Wildman–Crippen MR) is 48.1 cm³/mol. The largest absolute Gasteiger partial charge is 0.469 e. The van der Waals surface area contributed by atoms with Gasteiger partial charge in [-0.2, -0.15) is 0 Å². The van der Waals surface area contributed by atoms with E-state index in [9.17, 15) is 9.36 Å². The highest BCUT2D eigenvalue weighted by Gasteiger charge is 2.31. The van der Waals surface area contributed by atoms with Crippen LogP contribution in [0.4, 0.5) is 0 Å². The molecular weight excluding hydrogens is 247 g/mol. The standard InChI is InChI=1S/C6H13O9P/c7-1-3(8)5(10)6(11)4(9)2-15-16(12,13)14/h1,3-6,8-11H,2H2,(H2,12,13,14)/t3-,4-,5+,6+/m0/s1. The van der Waals surface area contributed by atoms with E-state index in [1.807, 2.05) is 0 Å². The van der Waals surface area contributed by atoms with Gasteiger partial charge in [0.25, 0.3) is 0 Å². The summed E-state index contributed by atoms with van der Waals surface area (Å²) in [7, 11) is -4.80. The minimum Gasteiger partial charge on any atom is -0.388 e. The van der Waals surface area contributed by atoms with Gasteiger partial charge < -0.3 is 35.0 Å². The van der Waals surface area contributed by atoms with Gasteiger partial charge in [-0.1, -0.05) is 0 Å². The Morgan fingerprint density at radius 2 is 1.62 bits per heavy atom. The van der Waals surface area contributed by atoms with Crippen molar-refractivity contribution in [3.8, 4) is 0 Å². The number of hydrogen-bond donors (Lipinski definition) is 6. The van der Waals surface area contributed by atoms with Crippen LogP contribution in [0.2, 0.25) is 0 Å². The van der Waals surface area contributed by atoms with Crippen molar-refractivity contribution in [1.82, 2.24) is 0 Å². The first-order valence-electron chi connectivity index (χ1n) is 4.06. The fraction of sp³-hybridized carbons (Fsp3) is 0.833. The van der Waals surface area contributed by atoms with Gasteiger partial charge in [-0.15, -0.1) is 0 Å². The molecule has 16 heavy (non-hydrogen) atoms. The fourth-order valence-corrected chi connectivity index (χ4v) is 1.13. The van der Waals surface area contributed by atoms with Gasteiger partial charge in [0.05, 0.1) is 6.61 Å². The maximum Gasteiger partial charge on any atom is 0.469 e. The number of aliphatic hydroxyl groups excluding tert-OH is 4. The molecule has 0 aromatic rings. The molecule has 0 amide bonds. The second-order valence-corrected chi connectivity index (χ2v) is 4.20. The molecular formula is C6H13O9P. The number of hydrogen-bond acceptors (Lipinski definition) is 7. The molecule has 0 aromatic carbocycles. The van der Waals surface area contributed by atoms with Crippen molar-refractivity contribution in [2.75, 3.05) is 6.61 Å². The Balaban J connectivity index is 4.22. The SMILES string of the molecule is O=C[C@H](O)[C@@H](O)[C@H](O)[C@@H](O)COP(=O)(O)O. The molecule has 9 nitrogen and oxygen atoms in total. The first-order chi connectivity index (χ1) is 7.19. The van der Waals surface area contributed by atoms with Crippen LogP contribution in [0.25, 0.3) is 0 Å². The van der Waals surface area contributed by atoms with Crippen LogP contribution < -0.4 is 0 Å². The number of phosphoric acid groups is 1. The minimum absolute atomic E-state index is 0.0650. The lowest BCUT2D eigenvalue weighted by molar-refractivity contribution is -0.136. The highest BCUT2D eigenvalue weighted by atomic mass is 31.2. The van der Waals surface area contributed by atoms with Gasteiger partial charge in [-0.05, 0) is 0 Å². The van der Waals surface area contributed by atoms with Crippen molar-refractivity contribution in [2.24, 2.45) is 0 Å². The van der Waals surface area contributed by atoms with Gasteiger partial charge in [0.2, 0.25) is 0 Å². The van der Waals surface area contributed by atoms with Crippen molar-refractivity contribution in [2.45, 2.75) is 24.4 Å². The van der Waals surface area contributed by atoms with Crippen molar-refractivity contribution >= 4 is 14.1 Å². The first kappa shape index (κ1) is 15.6. The highest BCUT2D eigenvalue weighted by Crippen LogP contribution is 2.35. The Bertz CT molecular complexity index is 263. The molecule has 0 heterocycles. The van der Waals surface area contributed by atoms with Gasteiger partial charge in [0.1, 0.15) is 24.4 Å². The first-order valence-corrected chi connectivity index (χ1v) is 5.59. The fourth-order valence-electron chi connectivity index (χ4n) is 0.782. The summed E-state index contributed by atoms with van der Waals surface area (Å²) in [4.78, 5) is 26.6. The molecule has 0 saturated heterocycles. The highest BCUT2D eigenvalue weighted by molar-refractivity contribution is 7.46. The zero-order valence-electron chi connectivity index (χ0n) is 7.95. The average molecular weight is 260 g/mol. The molecule has 0 bridgehead atoms. The summed E-state index contributed by atoms with van der Waals surface area (Å²) in [5.41, 5.74) is 0. The second-order valence-electron chi connectivity index (χ2n) is 2.96. The molecule has 0 fully saturated rings. The molecule has 0 unspecified atom stereocenters. The van der Waals surface area contributed by atoms with E-state index in [4.69, 9.17) is 30.2 Å². The van der Waals surface area contributed by atoms with Crippen LogP contribution in [0.3, 0.4) is 0 Å². The third kappa shape index (κ3) is 5.64. The van der Waals surface area contributed by atoms with Gasteiger partial charge in [-0.3, -0.25) is 4.52 Å². The maximum absolute atomic E-state index is 10.2. The molecule has 0 aliphatic heterocycles. The van der Waals surface area contributed by atoms with Crippen LogP contribution in [-0.2, 0) is 13.9 Å². The Hall–Kier alpha value is -0.380. The number of rotatable bonds is 7. The third-order valence-corrected chi connectivity index (χ3v) is 2.13. The topological polar surface area (TPSA) is 165 Å². The quantitative estimate of drug-likeness (QED) is 0.203. The molecule has 0 aliphatic carbocycles. The summed E-state index contributed by atoms with van der Waals surface area (Å²) in [6, 6.07) is 0. The molecule has 0 aromatic heterocycles. The van der Waals surface area contributed by atoms with Crippen LogP contribution in [0.5, 0.6) is 0 Å². The lowest BCUT2D eigenvalue weighted by Crippen LogP contribution is -2.46. The smallest absolute Gasteiger partial charge is 0.388 e. The lowest BCUT2D eigenvalue weighted by atomic mass is 10.0. The number of phosphoric ester groups is 1. The Labute approximate surface area is 90.2 Å². The van der Waals surface area contributed by atoms with E-state index in [-0.39, 0.29) is 6.29 Å². The molecule has 0 saturated carbocycles. The Kier molecular flexibility index (Phi) is 6.23. The Morgan fingerprint density at radius 1 is 1.12 bits per heavy atom. The molecule has 0 rings (SSSR count). The molecule has 0 aliphatic rings. The van der Waals surface area contributed by atoms with Gasteiger partial charge in [-0.25, -0.2) is 4.57 Å². The average Bonchev–Trinajstić information content (AvgIpc) is 2.21. The monoisotopic (exact) mass is 260 g/mol. The zero-order chi connectivity index (χ0) is 12.9. The van der Waals surface area contributed by atoms with Crippen LogP contribution >= 0.6 is 7.82 Å². The normalized spacial score (nSPS) is 19.9. The summed E-state index contributed by atoms with van der Waals surface area (Å²) in [6.07, 6.45) is -7.80. The van der Waals surface area contributed by atoms with Crippen LogP contribution in [0.1, 0.15) is 0 Å². The van der Waals surface area contributed by atoms with Crippen LogP contribution in [0.15, 0.2) is 0 Å². The molecule has 10 heteroatoms. The van der Waals surface area contributed by atoms with E-state index in [0.29, 0.717) is 0 Å². The number of carbonyl (C=O) groups excluding carboxylic acids is 1. The number of aldehydes is 1. The lowest BCUT2D eigenvalue weighted by Gasteiger charge is -2.23. The summed E-state index contributed by atoms with van der Waals surface area (Å²) in [5.74, 6) is 0. The summed E-state index contributed by atoms with van der Waals surface area (Å²) in [6.45, 7) is -0.964. The van der Waals surface area contributed by atoms with Gasteiger partial charge >= 0.3 is 7.82 Å². The van der Waals surface area contributed by atoms with E-state index in [1.54, 1.807) is 0 Å². The van der Waals surface area contributed by atoms with E-state index < -0.39 is 38.8 Å². The van der Waals surface area contributed by atoms with Crippen molar-refractivity contribution in [1.29, 1.82) is 0 Å². The van der Waals surface area contributed by atoms with Crippen molar-refractivity contribution in [3.63, 3.8) is 0 Å². The molecule has 0 spiro atoms. The second kappa shape index (κ2) is 6.38. The molecule has 96 valence electrons. The number of aliphatic hydroxyl groups is 4. The maximum atomic E-state index is 10.2. The molecule has 6 N–H and O–H groups in total. The zero-order valence-corrected chi connectivity index (χ0v) is 8.84.